The molecule has 7 nitrogen and oxygen atoms in total. The Bertz CT molecular complexity index is 396. The van der Waals surface area contributed by atoms with Gasteiger partial charge >= 0.3 is 12.1 Å². The molecule has 19 heavy (non-hydrogen) atoms. The second kappa shape index (κ2) is 6.21. The third-order valence-electron chi connectivity index (χ3n) is 3.25. The summed E-state index contributed by atoms with van der Waals surface area (Å²) < 4.78 is 4.43. The Kier molecular flexibility index (Phi) is 4.91. The van der Waals surface area contributed by atoms with Gasteiger partial charge in [0.2, 0.25) is 5.91 Å². The monoisotopic (exact) mass is 270 g/mol. The van der Waals surface area contributed by atoms with E-state index >= 15 is 0 Å². The lowest BCUT2D eigenvalue weighted by molar-refractivity contribution is -0.142. The molecule has 2 amide bonds. The molecule has 0 spiro atoms. The summed E-state index contributed by atoms with van der Waals surface area (Å²) in [5, 5.41) is 11.6. The number of likely N-dealkylation sites (tertiary alicyclic amines) is 1. The van der Waals surface area contributed by atoms with E-state index in [0.29, 0.717) is 19.4 Å². The second-order valence-electron chi connectivity index (χ2n) is 4.32. The van der Waals surface area contributed by atoms with E-state index in [1.54, 1.807) is 0 Å². The van der Waals surface area contributed by atoms with Crippen LogP contribution in [0.25, 0.3) is 0 Å². The summed E-state index contributed by atoms with van der Waals surface area (Å²) in [5.41, 5.74) is -1.17. The van der Waals surface area contributed by atoms with Crippen LogP contribution in [0, 0.1) is 0 Å². The molecule has 0 saturated carbocycles. The lowest BCUT2D eigenvalue weighted by Crippen LogP contribution is -2.57. The summed E-state index contributed by atoms with van der Waals surface area (Å²) in [6, 6.07) is 0. The third-order valence-corrected chi connectivity index (χ3v) is 3.25. The molecule has 1 heterocycles. The summed E-state index contributed by atoms with van der Waals surface area (Å²) in [6.07, 6.45) is 1.60. The topological polar surface area (TPSA) is 95.9 Å². The van der Waals surface area contributed by atoms with Crippen molar-refractivity contribution in [3.8, 4) is 0 Å². The number of amides is 2. The summed E-state index contributed by atoms with van der Waals surface area (Å²) in [6.45, 7) is 3.59. The van der Waals surface area contributed by atoms with Crippen molar-refractivity contribution in [1.82, 2.24) is 10.2 Å². The molecule has 0 aromatic heterocycles. The van der Waals surface area contributed by atoms with Gasteiger partial charge in [0.05, 0.1) is 7.11 Å². The van der Waals surface area contributed by atoms with Crippen LogP contribution < -0.4 is 5.32 Å². The lowest BCUT2D eigenvalue weighted by atomic mass is 9.91. The maximum Gasteiger partial charge on any atom is 0.408 e. The quantitative estimate of drug-likeness (QED) is 0.555. The molecule has 1 atom stereocenters. The highest BCUT2D eigenvalue weighted by molar-refractivity contribution is 5.92. The first kappa shape index (κ1) is 15.0. The van der Waals surface area contributed by atoms with Crippen molar-refractivity contribution in [2.45, 2.75) is 24.8 Å². The molecule has 0 radical (unpaired) electrons. The molecule has 0 aliphatic carbocycles. The number of methoxy groups -OCH3 is 1. The largest absolute Gasteiger partial charge is 0.468 e. The Balaban J connectivity index is 2.86. The van der Waals surface area contributed by atoms with E-state index in [1.807, 2.05) is 0 Å². The molecule has 0 aromatic carbocycles. The fourth-order valence-corrected chi connectivity index (χ4v) is 2.33. The minimum Gasteiger partial charge on any atom is -0.468 e. The van der Waals surface area contributed by atoms with Crippen molar-refractivity contribution in [1.29, 1.82) is 0 Å². The molecule has 0 aromatic rings. The van der Waals surface area contributed by atoms with Gasteiger partial charge in [-0.05, 0) is 19.3 Å². The van der Waals surface area contributed by atoms with Gasteiger partial charge in [-0.2, -0.15) is 0 Å². The van der Waals surface area contributed by atoms with Gasteiger partial charge in [-0.25, -0.2) is 4.79 Å². The van der Waals surface area contributed by atoms with E-state index < -0.39 is 23.5 Å². The van der Waals surface area contributed by atoms with Gasteiger partial charge in [0.25, 0.3) is 0 Å². The first-order valence-electron chi connectivity index (χ1n) is 5.94. The van der Waals surface area contributed by atoms with Crippen molar-refractivity contribution in [2.75, 3.05) is 20.2 Å². The van der Waals surface area contributed by atoms with Crippen LogP contribution in [0.5, 0.6) is 0 Å². The summed E-state index contributed by atoms with van der Waals surface area (Å²) in [7, 11) is 1.22. The number of esters is 1. The minimum absolute atomic E-state index is 0.215. The first-order chi connectivity index (χ1) is 8.97. The molecular weight excluding hydrogens is 252 g/mol. The van der Waals surface area contributed by atoms with Crippen LogP contribution in [0.1, 0.15) is 19.3 Å². The van der Waals surface area contributed by atoms with Crippen molar-refractivity contribution < 1.29 is 24.2 Å². The van der Waals surface area contributed by atoms with Gasteiger partial charge in [-0.15, -0.1) is 6.58 Å². The fourth-order valence-electron chi connectivity index (χ4n) is 2.33. The average molecular weight is 270 g/mol. The number of nitrogens with one attached hydrogen (secondary N) is 1. The van der Waals surface area contributed by atoms with Gasteiger partial charge < -0.3 is 15.2 Å². The fraction of sp³-hybridized carbons (Fsp3) is 0.583. The Morgan fingerprint density at radius 1 is 1.53 bits per heavy atom. The molecule has 1 rings (SSSR count). The SMILES string of the molecule is C=CC[C@@]1(C(=O)NCC(=O)OC)CCCN1C(=O)O. The molecule has 0 bridgehead atoms. The van der Waals surface area contributed by atoms with E-state index in [4.69, 9.17) is 5.11 Å². The predicted molar refractivity (Wildman–Crippen MR) is 66.5 cm³/mol. The number of ether oxygens (including phenoxy) is 1. The van der Waals surface area contributed by atoms with Crippen LogP contribution in [-0.4, -0.2) is 53.7 Å². The molecule has 0 unspecified atom stereocenters. The zero-order valence-corrected chi connectivity index (χ0v) is 10.8. The predicted octanol–water partition coefficient (Wildman–Crippen LogP) is 0.364. The molecule has 1 aliphatic rings. The molecule has 106 valence electrons. The van der Waals surface area contributed by atoms with Gasteiger partial charge in [0.1, 0.15) is 12.1 Å². The molecular formula is C12H18N2O5. The molecule has 1 saturated heterocycles. The zero-order chi connectivity index (χ0) is 14.5. The number of rotatable bonds is 5. The van der Waals surface area contributed by atoms with Crippen LogP contribution in [0.2, 0.25) is 0 Å². The van der Waals surface area contributed by atoms with Crippen LogP contribution in [0.4, 0.5) is 4.79 Å². The molecule has 1 fully saturated rings. The van der Waals surface area contributed by atoms with Crippen molar-refractivity contribution >= 4 is 18.0 Å². The minimum atomic E-state index is -1.17. The average Bonchev–Trinajstić information content (AvgIpc) is 2.81. The van der Waals surface area contributed by atoms with Crippen molar-refractivity contribution in [3.05, 3.63) is 12.7 Å². The Labute approximate surface area is 111 Å². The van der Waals surface area contributed by atoms with E-state index in [0.717, 1.165) is 4.90 Å². The van der Waals surface area contributed by atoms with E-state index in [2.05, 4.69) is 16.6 Å². The maximum atomic E-state index is 12.2. The highest BCUT2D eigenvalue weighted by Crippen LogP contribution is 2.33. The van der Waals surface area contributed by atoms with Gasteiger partial charge in [-0.1, -0.05) is 6.08 Å². The number of carbonyl (C=O) groups excluding carboxylic acids is 2. The number of carbonyl (C=O) groups is 3. The third kappa shape index (κ3) is 3.04. The highest BCUT2D eigenvalue weighted by atomic mass is 16.5. The first-order valence-corrected chi connectivity index (χ1v) is 5.94. The van der Waals surface area contributed by atoms with Crippen LogP contribution >= 0.6 is 0 Å². The highest BCUT2D eigenvalue weighted by Gasteiger charge is 2.48. The Hall–Kier alpha value is -2.05. The van der Waals surface area contributed by atoms with E-state index in [-0.39, 0.29) is 13.0 Å². The standard InChI is InChI=1S/C12H18N2O5/c1-3-5-12(6-4-7-14(12)11(17)18)10(16)13-8-9(15)19-2/h3H,1,4-8H2,2H3,(H,13,16)(H,17,18)/t12-/m0/s1. The number of hydrogen-bond donors (Lipinski definition) is 2. The molecule has 2 N–H and O–H groups in total. The summed E-state index contributed by atoms with van der Waals surface area (Å²) >= 11 is 0. The molecule has 7 heteroatoms. The van der Waals surface area contributed by atoms with Gasteiger partial charge in [0.15, 0.2) is 0 Å². The smallest absolute Gasteiger partial charge is 0.408 e. The van der Waals surface area contributed by atoms with Crippen LogP contribution in [-0.2, 0) is 14.3 Å². The maximum absolute atomic E-state index is 12.2. The Morgan fingerprint density at radius 3 is 2.74 bits per heavy atom. The van der Waals surface area contributed by atoms with E-state index in [9.17, 15) is 14.4 Å². The number of hydrogen-bond acceptors (Lipinski definition) is 4. The zero-order valence-electron chi connectivity index (χ0n) is 10.8. The number of carboxylic acid groups (broad SMARTS) is 1. The van der Waals surface area contributed by atoms with Crippen molar-refractivity contribution in [2.24, 2.45) is 0 Å². The Morgan fingerprint density at radius 2 is 2.21 bits per heavy atom. The van der Waals surface area contributed by atoms with Gasteiger partial charge in [-0.3, -0.25) is 14.5 Å². The summed E-state index contributed by atoms with van der Waals surface area (Å²) in [4.78, 5) is 35.6. The second-order valence-corrected chi connectivity index (χ2v) is 4.32. The van der Waals surface area contributed by atoms with Crippen molar-refractivity contribution in [3.63, 3.8) is 0 Å². The van der Waals surface area contributed by atoms with Gasteiger partial charge in [0, 0.05) is 6.54 Å². The lowest BCUT2D eigenvalue weighted by Gasteiger charge is -2.34. The van der Waals surface area contributed by atoms with E-state index in [1.165, 1.54) is 13.2 Å². The van der Waals surface area contributed by atoms with Crippen LogP contribution in [0.15, 0.2) is 12.7 Å². The van der Waals surface area contributed by atoms with Crippen LogP contribution in [0.3, 0.4) is 0 Å². The number of nitrogens with zero attached hydrogens (tertiary/aromatic N) is 1. The summed E-state index contributed by atoms with van der Waals surface area (Å²) in [5.74, 6) is -1.07. The molecule has 1 aliphatic heterocycles. The normalized spacial score (nSPS) is 21.8.